The van der Waals surface area contributed by atoms with Gasteiger partial charge in [0.05, 0.1) is 6.92 Å². The minimum atomic E-state index is -0.126. The van der Waals surface area contributed by atoms with Gasteiger partial charge < -0.3 is 5.11 Å². The number of aromatic hydroxyl groups is 1. The molecule has 1 nitrogen and oxygen atoms in total. The van der Waals surface area contributed by atoms with Crippen molar-refractivity contribution in [3.05, 3.63) is 35.7 Å². The van der Waals surface area contributed by atoms with Crippen LogP contribution in [0.15, 0.2) is 12.1 Å². The summed E-state index contributed by atoms with van der Waals surface area (Å²) in [6, 6.07) is 4.02. The second-order valence-electron chi connectivity index (χ2n) is 7.14. The van der Waals surface area contributed by atoms with Crippen LogP contribution in [0.5, 0.6) is 5.75 Å². The Morgan fingerprint density at radius 2 is 1.83 bits per heavy atom. The molecule has 0 saturated carbocycles. The van der Waals surface area contributed by atoms with Crippen molar-refractivity contribution >= 4 is 0 Å². The highest BCUT2D eigenvalue weighted by Crippen LogP contribution is 2.54. The molecule has 2 unspecified atom stereocenters. The van der Waals surface area contributed by atoms with Crippen molar-refractivity contribution in [1.29, 1.82) is 0 Å². The van der Waals surface area contributed by atoms with Gasteiger partial charge in [-0.25, -0.2) is 0 Å². The molecule has 1 aromatic rings. The first kappa shape index (κ1) is 12.0. The van der Waals surface area contributed by atoms with Gasteiger partial charge in [-0.05, 0) is 61.1 Å². The van der Waals surface area contributed by atoms with Crippen molar-refractivity contribution in [3.63, 3.8) is 0 Å². The maximum Gasteiger partial charge on any atom is 0.131 e. The largest absolute Gasteiger partial charge is 0.507 e. The summed E-state index contributed by atoms with van der Waals surface area (Å²) in [5.74, 6) is 1.10. The summed E-state index contributed by atoms with van der Waals surface area (Å²) in [5, 5.41) is 10.3. The smallest absolute Gasteiger partial charge is 0.131 e. The molecule has 2 aliphatic carbocycles. The molecule has 0 heterocycles. The van der Waals surface area contributed by atoms with Crippen LogP contribution in [-0.4, -0.2) is 5.11 Å². The van der Waals surface area contributed by atoms with Crippen LogP contribution in [-0.2, 0) is 10.8 Å². The number of phenolic OH excluding ortho intramolecular Hbond substituents is 1. The van der Waals surface area contributed by atoms with Crippen LogP contribution in [0.3, 0.4) is 0 Å². The zero-order valence-corrected chi connectivity index (χ0v) is 11.7. The van der Waals surface area contributed by atoms with Crippen molar-refractivity contribution in [1.82, 2.24) is 0 Å². The van der Waals surface area contributed by atoms with Gasteiger partial charge in [0.25, 0.3) is 0 Å². The number of rotatable bonds is 0. The summed E-state index contributed by atoms with van der Waals surface area (Å²) in [6.07, 6.45) is 4.82. The van der Waals surface area contributed by atoms with E-state index in [4.69, 9.17) is 0 Å². The first-order valence-corrected chi connectivity index (χ1v) is 7.05. The third-order valence-electron chi connectivity index (χ3n) is 5.13. The predicted molar refractivity (Wildman–Crippen MR) is 75.1 cm³/mol. The summed E-state index contributed by atoms with van der Waals surface area (Å²) in [5.41, 5.74) is 4.11. The zero-order chi connectivity index (χ0) is 13.1. The summed E-state index contributed by atoms with van der Waals surface area (Å²) in [6.45, 7) is 11.2. The van der Waals surface area contributed by atoms with E-state index in [-0.39, 0.29) is 10.8 Å². The van der Waals surface area contributed by atoms with Crippen LogP contribution >= 0.6 is 0 Å². The van der Waals surface area contributed by atoms with Crippen molar-refractivity contribution in [2.45, 2.75) is 63.2 Å². The third-order valence-corrected chi connectivity index (χ3v) is 5.13. The van der Waals surface area contributed by atoms with E-state index in [1.165, 1.54) is 30.4 Å². The van der Waals surface area contributed by atoms with Crippen molar-refractivity contribution in [2.24, 2.45) is 0 Å². The molecule has 0 aromatic heterocycles. The lowest BCUT2D eigenvalue weighted by atomic mass is 9.59. The van der Waals surface area contributed by atoms with Crippen LogP contribution in [0.4, 0.5) is 0 Å². The Kier molecular flexibility index (Phi) is 2.30. The molecule has 3 rings (SSSR count). The van der Waals surface area contributed by atoms with E-state index in [0.717, 1.165) is 12.0 Å². The zero-order valence-electron chi connectivity index (χ0n) is 11.7. The van der Waals surface area contributed by atoms with Crippen molar-refractivity contribution in [3.8, 4) is 5.75 Å². The minimum absolute atomic E-state index is 0.126. The van der Waals surface area contributed by atoms with Gasteiger partial charge in [-0.3, -0.25) is 0 Å². The van der Waals surface area contributed by atoms with Crippen molar-refractivity contribution < 1.29 is 5.11 Å². The topological polar surface area (TPSA) is 20.2 Å². The lowest BCUT2D eigenvalue weighted by molar-refractivity contribution is 0.323. The quantitative estimate of drug-likeness (QED) is 0.668. The Labute approximate surface area is 110 Å². The van der Waals surface area contributed by atoms with E-state index in [0.29, 0.717) is 11.7 Å². The maximum absolute atomic E-state index is 10.3. The molecule has 0 saturated heterocycles. The Hall–Kier alpha value is -1.11. The Morgan fingerprint density at radius 1 is 1.17 bits per heavy atom. The monoisotopic (exact) mass is 243 g/mol. The Bertz CT molecular complexity index is 495. The molecule has 0 spiro atoms. The van der Waals surface area contributed by atoms with Gasteiger partial charge >= 0.3 is 0 Å². The molecule has 0 fully saturated rings. The average Bonchev–Trinajstić information content (AvgIpc) is 2.26. The van der Waals surface area contributed by atoms with Crippen LogP contribution in [0.1, 0.15) is 69.1 Å². The lowest BCUT2D eigenvalue weighted by Gasteiger charge is -2.43. The third kappa shape index (κ3) is 1.49. The predicted octanol–water partition coefficient (Wildman–Crippen LogP) is 4.43. The van der Waals surface area contributed by atoms with E-state index in [9.17, 15) is 5.11 Å². The summed E-state index contributed by atoms with van der Waals surface area (Å²) < 4.78 is 0. The normalized spacial score (nSPS) is 32.9. The summed E-state index contributed by atoms with van der Waals surface area (Å²) >= 11 is 0. The van der Waals surface area contributed by atoms with E-state index in [1.807, 2.05) is 6.07 Å². The van der Waals surface area contributed by atoms with E-state index in [2.05, 4.69) is 33.8 Å². The van der Waals surface area contributed by atoms with Gasteiger partial charge in [0.15, 0.2) is 0 Å². The highest BCUT2D eigenvalue weighted by molar-refractivity contribution is 5.55. The SMILES string of the molecule is [CH2+]C1(C)CCC2CCC(C)(C)c3ccc(O)c1c32. The van der Waals surface area contributed by atoms with E-state index in [1.54, 1.807) is 0 Å². The van der Waals surface area contributed by atoms with Crippen LogP contribution in [0.25, 0.3) is 0 Å². The lowest BCUT2D eigenvalue weighted by Crippen LogP contribution is -2.34. The van der Waals surface area contributed by atoms with Gasteiger partial charge in [0.2, 0.25) is 0 Å². The molecule has 18 heavy (non-hydrogen) atoms. The van der Waals surface area contributed by atoms with Gasteiger partial charge in [0.1, 0.15) is 11.2 Å². The number of phenols is 1. The van der Waals surface area contributed by atoms with Gasteiger partial charge in [-0.15, -0.1) is 0 Å². The van der Waals surface area contributed by atoms with Crippen LogP contribution in [0.2, 0.25) is 0 Å². The minimum Gasteiger partial charge on any atom is -0.507 e. The molecule has 96 valence electrons. The number of hydrogen-bond donors (Lipinski definition) is 1. The second kappa shape index (κ2) is 3.46. The molecule has 0 aliphatic heterocycles. The van der Waals surface area contributed by atoms with Crippen LogP contribution < -0.4 is 0 Å². The summed E-state index contributed by atoms with van der Waals surface area (Å²) in [7, 11) is 0. The van der Waals surface area contributed by atoms with Gasteiger partial charge in [-0.1, -0.05) is 19.9 Å². The fraction of sp³-hybridized carbons (Fsp3) is 0.588. The number of hydrogen-bond acceptors (Lipinski definition) is 1. The molecule has 0 radical (unpaired) electrons. The maximum atomic E-state index is 10.3. The average molecular weight is 243 g/mol. The van der Waals surface area contributed by atoms with E-state index < -0.39 is 0 Å². The summed E-state index contributed by atoms with van der Waals surface area (Å²) in [4.78, 5) is 0. The van der Waals surface area contributed by atoms with Gasteiger partial charge in [-0.2, -0.15) is 0 Å². The molecular weight excluding hydrogens is 220 g/mol. The Balaban J connectivity index is 2.32. The standard InChI is InChI=1S/C17H22O/c1-16(2)9-7-11-8-10-17(3,4)15-13(18)6-5-12(16)14(11)15/h5-6,11H,3,7-10H2,1-2,4H3/p+1. The fourth-order valence-electron chi connectivity index (χ4n) is 3.98. The molecule has 1 heteroatoms. The molecule has 2 aliphatic rings. The fourth-order valence-corrected chi connectivity index (χ4v) is 3.98. The molecule has 1 N–H and O–H groups in total. The van der Waals surface area contributed by atoms with Crippen molar-refractivity contribution in [2.75, 3.05) is 0 Å². The first-order valence-electron chi connectivity index (χ1n) is 7.05. The van der Waals surface area contributed by atoms with Gasteiger partial charge in [0, 0.05) is 5.56 Å². The highest BCUT2D eigenvalue weighted by Gasteiger charge is 2.45. The first-order chi connectivity index (χ1) is 8.33. The molecule has 1 aromatic carbocycles. The molecule has 0 bridgehead atoms. The van der Waals surface area contributed by atoms with E-state index >= 15 is 0 Å². The second-order valence-corrected chi connectivity index (χ2v) is 7.14. The van der Waals surface area contributed by atoms with Crippen LogP contribution in [0, 0.1) is 6.92 Å². The molecule has 2 atom stereocenters. The molecule has 0 amide bonds. The molecular formula is C17H23O+. The highest BCUT2D eigenvalue weighted by atomic mass is 16.3. The number of benzene rings is 1. The Morgan fingerprint density at radius 3 is 2.56 bits per heavy atom.